The molecule has 33 heavy (non-hydrogen) atoms. The summed E-state index contributed by atoms with van der Waals surface area (Å²) in [7, 11) is 0. The van der Waals surface area contributed by atoms with Crippen LogP contribution in [0.4, 0.5) is 0 Å². The maximum absolute atomic E-state index is 12.9. The van der Waals surface area contributed by atoms with Gasteiger partial charge in [0.15, 0.2) is 5.96 Å². The van der Waals surface area contributed by atoms with Crippen molar-refractivity contribution in [1.82, 2.24) is 16.0 Å². The van der Waals surface area contributed by atoms with E-state index in [2.05, 4.69) is 20.9 Å². The van der Waals surface area contributed by atoms with Crippen molar-refractivity contribution in [2.45, 2.75) is 70.5 Å². The zero-order chi connectivity index (χ0) is 25.4. The number of aliphatic imine (C=N–C) groups is 1. The Balaban J connectivity index is 5.25. The van der Waals surface area contributed by atoms with Crippen molar-refractivity contribution < 1.29 is 24.3 Å². The van der Waals surface area contributed by atoms with E-state index >= 15 is 0 Å². The van der Waals surface area contributed by atoms with Gasteiger partial charge in [0.1, 0.15) is 18.6 Å². The van der Waals surface area contributed by atoms with Crippen LogP contribution in [-0.2, 0) is 19.2 Å². The lowest BCUT2D eigenvalue weighted by molar-refractivity contribution is -0.138. The Kier molecular flexibility index (Phi) is 15.2. The van der Waals surface area contributed by atoms with Gasteiger partial charge in [-0.25, -0.2) is 0 Å². The smallest absolute Gasteiger partial charge is 0.322 e. The minimum Gasteiger partial charge on any atom is -0.480 e. The van der Waals surface area contributed by atoms with E-state index in [1.165, 1.54) is 0 Å². The summed E-state index contributed by atoms with van der Waals surface area (Å²) in [5.41, 5.74) is 21.9. The Morgan fingerprint density at radius 1 is 0.909 bits per heavy atom. The number of carbonyl (C=O) groups is 4. The van der Waals surface area contributed by atoms with Crippen LogP contribution in [0.5, 0.6) is 0 Å². The summed E-state index contributed by atoms with van der Waals surface area (Å²) in [6.07, 6.45) is 2.71. The van der Waals surface area contributed by atoms with E-state index in [-0.39, 0.29) is 24.8 Å². The van der Waals surface area contributed by atoms with Crippen molar-refractivity contribution in [3.05, 3.63) is 0 Å². The molecule has 3 atom stereocenters. The number of hydrogen-bond donors (Lipinski definition) is 8. The fraction of sp³-hybridized carbons (Fsp3) is 0.750. The van der Waals surface area contributed by atoms with Gasteiger partial charge in [-0.15, -0.1) is 0 Å². The molecule has 3 amide bonds. The summed E-state index contributed by atoms with van der Waals surface area (Å²) in [4.78, 5) is 52.5. The third-order valence-electron chi connectivity index (χ3n) is 4.64. The van der Waals surface area contributed by atoms with Crippen LogP contribution in [0, 0.1) is 5.92 Å². The summed E-state index contributed by atoms with van der Waals surface area (Å²) in [6.45, 7) is 3.91. The lowest BCUT2D eigenvalue weighted by Crippen LogP contribution is -2.56. The summed E-state index contributed by atoms with van der Waals surface area (Å²) in [5, 5.41) is 16.3. The Bertz CT molecular complexity index is 667. The number of rotatable bonds is 17. The van der Waals surface area contributed by atoms with Crippen molar-refractivity contribution >= 4 is 29.7 Å². The van der Waals surface area contributed by atoms with Crippen LogP contribution in [0.3, 0.4) is 0 Å². The number of carbonyl (C=O) groups excluding carboxylic acids is 3. The van der Waals surface area contributed by atoms with Crippen molar-refractivity contribution in [3.63, 3.8) is 0 Å². The average Bonchev–Trinajstić information content (AvgIpc) is 2.72. The van der Waals surface area contributed by atoms with E-state index in [9.17, 15) is 19.2 Å². The molecule has 13 heteroatoms. The highest BCUT2D eigenvalue weighted by molar-refractivity contribution is 5.93. The predicted molar refractivity (Wildman–Crippen MR) is 125 cm³/mol. The molecular formula is C20H40N8O5. The fourth-order valence-electron chi connectivity index (χ4n) is 2.95. The van der Waals surface area contributed by atoms with Crippen LogP contribution in [0.2, 0.25) is 0 Å². The van der Waals surface area contributed by atoms with Crippen LogP contribution in [0.1, 0.15) is 52.4 Å². The van der Waals surface area contributed by atoms with Gasteiger partial charge < -0.3 is 44.0 Å². The molecule has 0 heterocycles. The first kappa shape index (κ1) is 30.1. The molecule has 0 aliphatic carbocycles. The summed E-state index contributed by atoms with van der Waals surface area (Å²) in [6, 6.07) is -2.73. The Hall–Kier alpha value is -2.93. The molecule has 0 fully saturated rings. The number of amides is 3. The lowest BCUT2D eigenvalue weighted by Gasteiger charge is -2.25. The molecule has 0 bridgehead atoms. The maximum Gasteiger partial charge on any atom is 0.322 e. The fourth-order valence-corrected chi connectivity index (χ4v) is 2.95. The summed E-state index contributed by atoms with van der Waals surface area (Å²) in [5.74, 6) is -2.95. The monoisotopic (exact) mass is 472 g/mol. The highest BCUT2D eigenvalue weighted by atomic mass is 16.4. The van der Waals surface area contributed by atoms with Crippen LogP contribution in [0.15, 0.2) is 4.99 Å². The summed E-state index contributed by atoms with van der Waals surface area (Å²) < 4.78 is 0. The standard InChI is InChI=1S/C20H40N8O5/c1-12(2)10-15(28-17(31)13(22)6-3-4-8-21)19(33)27-14(7-5-9-25-20(23)24)18(32)26-11-16(29)30/h12-15H,3-11,21-22H2,1-2H3,(H,26,32)(H,27,33)(H,28,31)(H,29,30)(H4,23,24,25). The van der Waals surface area contributed by atoms with E-state index in [1.54, 1.807) is 0 Å². The molecule has 0 radical (unpaired) electrons. The van der Waals surface area contributed by atoms with E-state index in [0.717, 1.165) is 6.42 Å². The molecule has 0 spiro atoms. The molecule has 12 N–H and O–H groups in total. The van der Waals surface area contributed by atoms with Gasteiger partial charge in [-0.05, 0) is 44.6 Å². The molecule has 0 saturated heterocycles. The lowest BCUT2D eigenvalue weighted by atomic mass is 10.0. The average molecular weight is 473 g/mol. The number of nitrogens with one attached hydrogen (secondary N) is 3. The molecule has 0 saturated carbocycles. The predicted octanol–water partition coefficient (Wildman–Crippen LogP) is -2.29. The molecule has 0 aromatic heterocycles. The Morgan fingerprint density at radius 2 is 1.55 bits per heavy atom. The van der Waals surface area contributed by atoms with Gasteiger partial charge in [-0.2, -0.15) is 0 Å². The number of guanidine groups is 1. The number of nitrogens with zero attached hydrogens (tertiary/aromatic N) is 1. The number of carboxylic acid groups (broad SMARTS) is 1. The van der Waals surface area contributed by atoms with Crippen molar-refractivity contribution in [1.29, 1.82) is 0 Å². The molecule has 0 aliphatic heterocycles. The van der Waals surface area contributed by atoms with Gasteiger partial charge in [0.2, 0.25) is 17.7 Å². The zero-order valence-corrected chi connectivity index (χ0v) is 19.5. The first-order chi connectivity index (χ1) is 15.5. The maximum atomic E-state index is 12.9. The minimum atomic E-state index is -1.22. The summed E-state index contributed by atoms with van der Waals surface area (Å²) >= 11 is 0. The Morgan fingerprint density at radius 3 is 2.09 bits per heavy atom. The highest BCUT2D eigenvalue weighted by Gasteiger charge is 2.28. The van der Waals surface area contributed by atoms with Crippen LogP contribution in [0.25, 0.3) is 0 Å². The molecule has 190 valence electrons. The van der Waals surface area contributed by atoms with Crippen molar-refractivity contribution in [3.8, 4) is 0 Å². The number of hydrogen-bond acceptors (Lipinski definition) is 7. The molecule has 13 nitrogen and oxygen atoms in total. The molecule has 0 aromatic rings. The largest absolute Gasteiger partial charge is 0.480 e. The Labute approximate surface area is 194 Å². The third-order valence-corrected chi connectivity index (χ3v) is 4.64. The molecule has 0 rings (SSSR count). The number of unbranched alkanes of at least 4 members (excludes halogenated alkanes) is 1. The SMILES string of the molecule is CC(C)CC(NC(=O)C(N)CCCCN)C(=O)NC(CCCN=C(N)N)C(=O)NCC(=O)O. The van der Waals surface area contributed by atoms with Crippen LogP contribution in [-0.4, -0.2) is 72.5 Å². The topological polar surface area (TPSA) is 241 Å². The molecular weight excluding hydrogens is 432 g/mol. The zero-order valence-electron chi connectivity index (χ0n) is 19.5. The minimum absolute atomic E-state index is 0.0654. The number of carboxylic acids is 1. The van der Waals surface area contributed by atoms with Crippen molar-refractivity contribution in [2.24, 2.45) is 33.8 Å². The van der Waals surface area contributed by atoms with Gasteiger partial charge in [0.25, 0.3) is 0 Å². The second-order valence-electron chi connectivity index (χ2n) is 8.20. The van der Waals surface area contributed by atoms with Crippen molar-refractivity contribution in [2.75, 3.05) is 19.6 Å². The van der Waals surface area contributed by atoms with Crippen LogP contribution >= 0.6 is 0 Å². The normalized spacial score (nSPS) is 13.5. The van der Waals surface area contributed by atoms with E-state index in [0.29, 0.717) is 32.2 Å². The highest BCUT2D eigenvalue weighted by Crippen LogP contribution is 2.08. The molecule has 3 unspecified atom stereocenters. The van der Waals surface area contributed by atoms with E-state index < -0.39 is 48.4 Å². The van der Waals surface area contributed by atoms with Gasteiger partial charge in [0.05, 0.1) is 6.04 Å². The quantitative estimate of drug-likeness (QED) is 0.0644. The van der Waals surface area contributed by atoms with Crippen LogP contribution < -0.4 is 38.9 Å². The first-order valence-corrected chi connectivity index (χ1v) is 11.1. The van der Waals surface area contributed by atoms with Gasteiger partial charge in [-0.1, -0.05) is 20.3 Å². The molecule has 0 aliphatic rings. The second-order valence-corrected chi connectivity index (χ2v) is 8.20. The third kappa shape index (κ3) is 14.7. The number of aliphatic carboxylic acids is 1. The van der Waals surface area contributed by atoms with E-state index in [4.69, 9.17) is 28.0 Å². The van der Waals surface area contributed by atoms with Gasteiger partial charge in [0, 0.05) is 6.54 Å². The molecule has 0 aromatic carbocycles. The second kappa shape index (κ2) is 16.7. The number of nitrogens with two attached hydrogens (primary N) is 4. The van der Waals surface area contributed by atoms with Gasteiger partial charge >= 0.3 is 5.97 Å². The first-order valence-electron chi connectivity index (χ1n) is 11.1. The van der Waals surface area contributed by atoms with Gasteiger partial charge in [-0.3, -0.25) is 24.2 Å². The van der Waals surface area contributed by atoms with E-state index in [1.807, 2.05) is 13.8 Å².